The molecule has 2 heteroatoms. The SMILES string of the molecule is c1cncc(C[C@H]2CCCNC2)c1. The molecule has 1 atom stereocenters. The van der Waals surface area contributed by atoms with Gasteiger partial charge in [0.25, 0.3) is 0 Å². The van der Waals surface area contributed by atoms with Crippen LogP contribution < -0.4 is 5.32 Å². The van der Waals surface area contributed by atoms with Gasteiger partial charge in [-0.2, -0.15) is 0 Å². The Morgan fingerprint density at radius 2 is 2.54 bits per heavy atom. The zero-order chi connectivity index (χ0) is 8.93. The first-order chi connectivity index (χ1) is 6.45. The van der Waals surface area contributed by atoms with Crippen molar-refractivity contribution in [3.8, 4) is 0 Å². The molecule has 1 saturated heterocycles. The second-order valence-corrected chi connectivity index (χ2v) is 3.78. The Hall–Kier alpha value is -0.890. The molecule has 1 fully saturated rings. The molecule has 0 amide bonds. The van der Waals surface area contributed by atoms with E-state index in [9.17, 15) is 0 Å². The van der Waals surface area contributed by atoms with Gasteiger partial charge in [0.2, 0.25) is 0 Å². The Bertz CT molecular complexity index is 240. The third-order valence-electron chi connectivity index (χ3n) is 2.65. The zero-order valence-corrected chi connectivity index (χ0v) is 7.87. The van der Waals surface area contributed by atoms with Gasteiger partial charge in [-0.25, -0.2) is 0 Å². The van der Waals surface area contributed by atoms with Crippen molar-refractivity contribution in [2.24, 2.45) is 5.92 Å². The third kappa shape index (κ3) is 2.52. The largest absolute Gasteiger partial charge is 0.316 e. The number of rotatable bonds is 2. The van der Waals surface area contributed by atoms with E-state index in [2.05, 4.69) is 16.4 Å². The molecule has 1 aromatic heterocycles. The molecule has 13 heavy (non-hydrogen) atoms. The maximum absolute atomic E-state index is 4.13. The Morgan fingerprint density at radius 3 is 3.23 bits per heavy atom. The molecule has 2 nitrogen and oxygen atoms in total. The first kappa shape index (κ1) is 8.70. The average Bonchev–Trinajstić information content (AvgIpc) is 2.21. The van der Waals surface area contributed by atoms with Gasteiger partial charge in [-0.3, -0.25) is 4.98 Å². The molecule has 1 aromatic rings. The number of nitrogens with one attached hydrogen (secondary N) is 1. The topological polar surface area (TPSA) is 24.9 Å². The molecule has 2 rings (SSSR count). The maximum atomic E-state index is 4.13. The fraction of sp³-hybridized carbons (Fsp3) is 0.545. The molecule has 0 radical (unpaired) electrons. The van der Waals surface area contributed by atoms with Crippen LogP contribution in [0.4, 0.5) is 0 Å². The smallest absolute Gasteiger partial charge is 0.0299 e. The summed E-state index contributed by atoms with van der Waals surface area (Å²) in [7, 11) is 0. The van der Waals surface area contributed by atoms with E-state index in [1.807, 2.05) is 18.5 Å². The van der Waals surface area contributed by atoms with Crippen molar-refractivity contribution in [1.82, 2.24) is 10.3 Å². The van der Waals surface area contributed by atoms with Crippen molar-refractivity contribution < 1.29 is 0 Å². The lowest BCUT2D eigenvalue weighted by Gasteiger charge is -2.22. The highest BCUT2D eigenvalue weighted by molar-refractivity contribution is 5.09. The van der Waals surface area contributed by atoms with Gasteiger partial charge in [0.15, 0.2) is 0 Å². The molecular formula is C11H16N2. The van der Waals surface area contributed by atoms with Gasteiger partial charge in [-0.15, -0.1) is 0 Å². The van der Waals surface area contributed by atoms with Crippen molar-refractivity contribution in [1.29, 1.82) is 0 Å². The number of nitrogens with zero attached hydrogens (tertiary/aromatic N) is 1. The fourth-order valence-electron chi connectivity index (χ4n) is 1.95. The van der Waals surface area contributed by atoms with Crippen LogP contribution in [0, 0.1) is 5.92 Å². The first-order valence-corrected chi connectivity index (χ1v) is 5.05. The summed E-state index contributed by atoms with van der Waals surface area (Å²) in [6.45, 7) is 2.37. The highest BCUT2D eigenvalue weighted by atomic mass is 14.9. The minimum atomic E-state index is 0.818. The van der Waals surface area contributed by atoms with Crippen LogP contribution in [0.5, 0.6) is 0 Å². The Balaban J connectivity index is 1.90. The Labute approximate surface area is 79.4 Å². The van der Waals surface area contributed by atoms with Crippen molar-refractivity contribution in [2.45, 2.75) is 19.3 Å². The van der Waals surface area contributed by atoms with Crippen LogP contribution in [-0.4, -0.2) is 18.1 Å². The Kier molecular flexibility index (Phi) is 2.93. The van der Waals surface area contributed by atoms with E-state index in [4.69, 9.17) is 0 Å². The lowest BCUT2D eigenvalue weighted by atomic mass is 9.93. The number of hydrogen-bond donors (Lipinski definition) is 1. The van der Waals surface area contributed by atoms with Crippen molar-refractivity contribution >= 4 is 0 Å². The number of pyridine rings is 1. The van der Waals surface area contributed by atoms with Gasteiger partial charge >= 0.3 is 0 Å². The molecule has 1 aliphatic rings. The molecular weight excluding hydrogens is 160 g/mol. The molecule has 0 spiro atoms. The number of piperidine rings is 1. The van der Waals surface area contributed by atoms with Crippen LogP contribution in [0.15, 0.2) is 24.5 Å². The normalized spacial score (nSPS) is 22.9. The summed E-state index contributed by atoms with van der Waals surface area (Å²) in [5.74, 6) is 0.818. The van der Waals surface area contributed by atoms with Crippen LogP contribution in [0.25, 0.3) is 0 Å². The molecule has 2 heterocycles. The van der Waals surface area contributed by atoms with Gasteiger partial charge in [0.1, 0.15) is 0 Å². The molecule has 0 unspecified atom stereocenters. The minimum absolute atomic E-state index is 0.818. The molecule has 70 valence electrons. The predicted molar refractivity (Wildman–Crippen MR) is 53.5 cm³/mol. The quantitative estimate of drug-likeness (QED) is 0.740. The average molecular weight is 176 g/mol. The van der Waals surface area contributed by atoms with Gasteiger partial charge in [-0.1, -0.05) is 6.07 Å². The monoisotopic (exact) mass is 176 g/mol. The number of hydrogen-bond acceptors (Lipinski definition) is 2. The highest BCUT2D eigenvalue weighted by Gasteiger charge is 2.12. The van der Waals surface area contributed by atoms with E-state index in [0.717, 1.165) is 5.92 Å². The molecule has 1 N–H and O–H groups in total. The van der Waals surface area contributed by atoms with E-state index in [1.54, 1.807) is 0 Å². The van der Waals surface area contributed by atoms with E-state index in [0.29, 0.717) is 0 Å². The van der Waals surface area contributed by atoms with Crippen molar-refractivity contribution in [2.75, 3.05) is 13.1 Å². The highest BCUT2D eigenvalue weighted by Crippen LogP contribution is 2.15. The second kappa shape index (κ2) is 4.38. The molecule has 0 saturated carbocycles. The summed E-state index contributed by atoms with van der Waals surface area (Å²) >= 11 is 0. The van der Waals surface area contributed by atoms with E-state index in [-0.39, 0.29) is 0 Å². The molecule has 0 aromatic carbocycles. The standard InChI is InChI=1S/C11H16N2/c1-3-10(8-12-5-1)7-11-4-2-6-13-9-11/h1,3,5,8,11,13H,2,4,6-7,9H2/t11-/m1/s1. The second-order valence-electron chi connectivity index (χ2n) is 3.78. The summed E-state index contributed by atoms with van der Waals surface area (Å²) in [6.07, 6.45) is 7.69. The summed E-state index contributed by atoms with van der Waals surface area (Å²) in [5.41, 5.74) is 1.37. The maximum Gasteiger partial charge on any atom is 0.0299 e. The van der Waals surface area contributed by atoms with Gasteiger partial charge in [0, 0.05) is 12.4 Å². The van der Waals surface area contributed by atoms with Crippen molar-refractivity contribution in [3.05, 3.63) is 30.1 Å². The molecule has 1 aliphatic heterocycles. The van der Waals surface area contributed by atoms with Crippen LogP contribution in [0.3, 0.4) is 0 Å². The minimum Gasteiger partial charge on any atom is -0.316 e. The lowest BCUT2D eigenvalue weighted by molar-refractivity contribution is 0.376. The summed E-state index contributed by atoms with van der Waals surface area (Å²) in [6, 6.07) is 4.19. The van der Waals surface area contributed by atoms with Crippen LogP contribution in [0.2, 0.25) is 0 Å². The van der Waals surface area contributed by atoms with Gasteiger partial charge < -0.3 is 5.32 Å². The van der Waals surface area contributed by atoms with Crippen molar-refractivity contribution in [3.63, 3.8) is 0 Å². The van der Waals surface area contributed by atoms with Crippen LogP contribution in [-0.2, 0) is 6.42 Å². The van der Waals surface area contributed by atoms with Crippen LogP contribution in [0.1, 0.15) is 18.4 Å². The predicted octanol–water partition coefficient (Wildman–Crippen LogP) is 1.62. The van der Waals surface area contributed by atoms with Gasteiger partial charge in [-0.05, 0) is 49.9 Å². The van der Waals surface area contributed by atoms with E-state index in [1.165, 1.54) is 37.9 Å². The lowest BCUT2D eigenvalue weighted by Crippen LogP contribution is -2.30. The summed E-state index contributed by atoms with van der Waals surface area (Å²) in [4.78, 5) is 4.13. The van der Waals surface area contributed by atoms with E-state index < -0.39 is 0 Å². The fourth-order valence-corrected chi connectivity index (χ4v) is 1.95. The molecule has 0 bridgehead atoms. The van der Waals surface area contributed by atoms with Gasteiger partial charge in [0.05, 0.1) is 0 Å². The zero-order valence-electron chi connectivity index (χ0n) is 7.87. The third-order valence-corrected chi connectivity index (χ3v) is 2.65. The van der Waals surface area contributed by atoms with Crippen LogP contribution >= 0.6 is 0 Å². The first-order valence-electron chi connectivity index (χ1n) is 5.05. The summed E-state index contributed by atoms with van der Waals surface area (Å²) in [5, 5.41) is 3.43. The van der Waals surface area contributed by atoms with E-state index >= 15 is 0 Å². The number of aromatic nitrogens is 1. The molecule has 0 aliphatic carbocycles. The Morgan fingerprint density at radius 1 is 1.54 bits per heavy atom. The summed E-state index contributed by atoms with van der Waals surface area (Å²) < 4.78 is 0.